The van der Waals surface area contributed by atoms with Gasteiger partial charge in [0.15, 0.2) is 0 Å². The molecule has 1 nitrogen and oxygen atoms in total. The van der Waals surface area contributed by atoms with Crippen molar-refractivity contribution in [3.8, 4) is 11.3 Å². The topological polar surface area (TPSA) is 12.9 Å². The number of alkyl halides is 6. The summed E-state index contributed by atoms with van der Waals surface area (Å²) in [6.45, 7) is 0. The van der Waals surface area contributed by atoms with Crippen LogP contribution in [0.5, 0.6) is 0 Å². The van der Waals surface area contributed by atoms with Crippen LogP contribution in [0.3, 0.4) is 0 Å². The zero-order valence-corrected chi connectivity index (χ0v) is 9.68. The molecule has 0 saturated heterocycles. The molecule has 105 valence electrons. The molecule has 1 radical (unpaired) electrons. The predicted octanol–water partition coefficient (Wildman–Crippen LogP) is 4.59. The summed E-state index contributed by atoms with van der Waals surface area (Å²) >= 11 is 0. The molecule has 20 heavy (non-hydrogen) atoms. The van der Waals surface area contributed by atoms with Gasteiger partial charge in [0, 0.05) is 5.56 Å². The Kier molecular flexibility index (Phi) is 3.45. The molecule has 0 aliphatic carbocycles. The van der Waals surface area contributed by atoms with Gasteiger partial charge >= 0.3 is 12.4 Å². The van der Waals surface area contributed by atoms with Crippen LogP contribution in [0.4, 0.5) is 26.3 Å². The van der Waals surface area contributed by atoms with Gasteiger partial charge < -0.3 is 0 Å². The first-order valence-corrected chi connectivity index (χ1v) is 5.32. The molecule has 0 aliphatic heterocycles. The molecule has 7 heteroatoms. The molecule has 1 aromatic carbocycles. The van der Waals surface area contributed by atoms with E-state index in [9.17, 15) is 26.3 Å². The first kappa shape index (κ1) is 14.4. The first-order chi connectivity index (χ1) is 9.21. The van der Waals surface area contributed by atoms with Crippen LogP contribution in [-0.2, 0) is 12.4 Å². The van der Waals surface area contributed by atoms with Gasteiger partial charge in [-0.15, -0.1) is 0 Å². The summed E-state index contributed by atoms with van der Waals surface area (Å²) in [5, 5.41) is 0. The van der Waals surface area contributed by atoms with Crippen LogP contribution in [-0.4, -0.2) is 4.98 Å². The van der Waals surface area contributed by atoms with Gasteiger partial charge in [-0.2, -0.15) is 26.3 Å². The quantitative estimate of drug-likeness (QED) is 0.700. The fraction of sp³-hybridized carbons (Fsp3) is 0.154. The summed E-state index contributed by atoms with van der Waals surface area (Å²) in [7, 11) is 0. The molecule has 0 saturated carbocycles. The monoisotopic (exact) mass is 290 g/mol. The number of aromatic nitrogens is 1. The molecule has 0 atom stereocenters. The minimum absolute atomic E-state index is 0.217. The molecule has 0 fully saturated rings. The zero-order chi connectivity index (χ0) is 15.0. The van der Waals surface area contributed by atoms with E-state index in [1.54, 1.807) is 0 Å². The van der Waals surface area contributed by atoms with Crippen molar-refractivity contribution in [2.45, 2.75) is 12.4 Å². The molecular weight excluding hydrogens is 284 g/mol. The van der Waals surface area contributed by atoms with Crippen LogP contribution in [0.1, 0.15) is 11.1 Å². The molecule has 0 bridgehead atoms. The lowest BCUT2D eigenvalue weighted by atomic mass is 9.97. The molecule has 1 heterocycles. The Morgan fingerprint density at radius 2 is 1.55 bits per heavy atom. The molecule has 0 aliphatic rings. The van der Waals surface area contributed by atoms with Crippen LogP contribution in [0.2, 0.25) is 0 Å². The maximum atomic E-state index is 13.0. The molecule has 0 unspecified atom stereocenters. The van der Waals surface area contributed by atoms with E-state index in [0.29, 0.717) is 6.07 Å². The first-order valence-electron chi connectivity index (χ1n) is 5.32. The van der Waals surface area contributed by atoms with Gasteiger partial charge in [0.25, 0.3) is 0 Å². The number of benzene rings is 1. The van der Waals surface area contributed by atoms with Gasteiger partial charge in [0.05, 0.1) is 23.0 Å². The average molecular weight is 290 g/mol. The van der Waals surface area contributed by atoms with Crippen LogP contribution in [0, 0.1) is 6.20 Å². The largest absolute Gasteiger partial charge is 0.417 e. The summed E-state index contributed by atoms with van der Waals surface area (Å²) in [6.07, 6.45) is -7.94. The second-order valence-corrected chi connectivity index (χ2v) is 3.88. The Hall–Kier alpha value is -2.05. The Labute approximate surface area is 109 Å². The highest BCUT2D eigenvalue weighted by molar-refractivity contribution is 5.66. The lowest BCUT2D eigenvalue weighted by molar-refractivity contribution is -0.161. The fourth-order valence-corrected chi connectivity index (χ4v) is 1.78. The summed E-state index contributed by atoms with van der Waals surface area (Å²) < 4.78 is 77.2. The van der Waals surface area contributed by atoms with Crippen LogP contribution in [0.15, 0.2) is 36.4 Å². The Morgan fingerprint density at radius 1 is 0.850 bits per heavy atom. The highest BCUT2D eigenvalue weighted by atomic mass is 19.4. The minimum atomic E-state index is -5.14. The van der Waals surface area contributed by atoms with Crippen LogP contribution in [0.25, 0.3) is 11.3 Å². The van der Waals surface area contributed by atoms with Crippen molar-refractivity contribution in [3.05, 3.63) is 53.7 Å². The Balaban J connectivity index is 2.77. The standard InChI is InChI=1S/C13H6F6N/c14-12(15,16)9-5-3-4-8(11(9)13(17,18)19)10-6-1-2-7-20-10/h1-6H. The third-order valence-electron chi connectivity index (χ3n) is 2.54. The number of hydrogen-bond donors (Lipinski definition) is 0. The van der Waals surface area contributed by atoms with Crippen LogP contribution >= 0.6 is 0 Å². The van der Waals surface area contributed by atoms with Crippen molar-refractivity contribution in [3.63, 3.8) is 0 Å². The Bertz CT molecular complexity index is 600. The summed E-state index contributed by atoms with van der Waals surface area (Å²) in [4.78, 5) is 3.55. The van der Waals surface area contributed by atoms with Crippen molar-refractivity contribution >= 4 is 0 Å². The van der Waals surface area contributed by atoms with Crippen molar-refractivity contribution in [2.24, 2.45) is 0 Å². The van der Waals surface area contributed by atoms with E-state index in [2.05, 4.69) is 11.2 Å². The molecule has 0 amide bonds. The van der Waals surface area contributed by atoms with Gasteiger partial charge in [-0.05, 0) is 18.2 Å². The van der Waals surface area contributed by atoms with Gasteiger partial charge in [-0.3, -0.25) is 0 Å². The smallest absolute Gasteiger partial charge is 0.246 e. The number of halogens is 6. The molecular formula is C13H6F6N. The number of hydrogen-bond acceptors (Lipinski definition) is 1. The number of pyridine rings is 1. The molecule has 2 aromatic rings. The Morgan fingerprint density at radius 3 is 2.05 bits per heavy atom. The van der Waals surface area contributed by atoms with E-state index < -0.39 is 29.0 Å². The molecule has 0 spiro atoms. The lowest BCUT2D eigenvalue weighted by Gasteiger charge is -2.18. The van der Waals surface area contributed by atoms with Gasteiger partial charge in [-0.1, -0.05) is 18.2 Å². The second kappa shape index (κ2) is 4.81. The predicted molar refractivity (Wildman–Crippen MR) is 58.5 cm³/mol. The molecule has 0 N–H and O–H groups in total. The SMILES string of the molecule is FC(F)(F)c1cccc(-c2ccc[c]n2)c1C(F)(F)F. The fourth-order valence-electron chi connectivity index (χ4n) is 1.78. The summed E-state index contributed by atoms with van der Waals surface area (Å²) in [6, 6.07) is 6.16. The van der Waals surface area contributed by atoms with Gasteiger partial charge in [-0.25, -0.2) is 4.98 Å². The lowest BCUT2D eigenvalue weighted by Crippen LogP contribution is -2.17. The minimum Gasteiger partial charge on any atom is -0.246 e. The van der Waals surface area contributed by atoms with E-state index in [1.165, 1.54) is 18.2 Å². The van der Waals surface area contributed by atoms with Gasteiger partial charge in [0.2, 0.25) is 0 Å². The number of nitrogens with zero attached hydrogens (tertiary/aromatic N) is 1. The second-order valence-electron chi connectivity index (χ2n) is 3.88. The van der Waals surface area contributed by atoms with E-state index in [-0.39, 0.29) is 5.69 Å². The number of rotatable bonds is 1. The van der Waals surface area contributed by atoms with Crippen molar-refractivity contribution in [2.75, 3.05) is 0 Å². The maximum Gasteiger partial charge on any atom is 0.417 e. The zero-order valence-electron chi connectivity index (χ0n) is 9.68. The van der Waals surface area contributed by atoms with E-state index >= 15 is 0 Å². The molecule has 2 rings (SSSR count). The van der Waals surface area contributed by atoms with Gasteiger partial charge in [0.1, 0.15) is 0 Å². The maximum absolute atomic E-state index is 13.0. The highest BCUT2D eigenvalue weighted by Gasteiger charge is 2.44. The van der Waals surface area contributed by atoms with E-state index in [1.807, 2.05) is 0 Å². The third kappa shape index (κ3) is 2.76. The van der Waals surface area contributed by atoms with Crippen molar-refractivity contribution in [1.29, 1.82) is 0 Å². The van der Waals surface area contributed by atoms with Crippen LogP contribution < -0.4 is 0 Å². The average Bonchev–Trinajstić information content (AvgIpc) is 2.37. The molecule has 1 aromatic heterocycles. The third-order valence-corrected chi connectivity index (χ3v) is 2.54. The van der Waals surface area contributed by atoms with E-state index in [0.717, 1.165) is 12.1 Å². The normalized spacial score (nSPS) is 12.5. The van der Waals surface area contributed by atoms with Crippen molar-refractivity contribution < 1.29 is 26.3 Å². The summed E-state index contributed by atoms with van der Waals surface area (Å²) in [5.41, 5.74) is -4.30. The summed E-state index contributed by atoms with van der Waals surface area (Å²) in [5.74, 6) is 0. The van der Waals surface area contributed by atoms with E-state index in [4.69, 9.17) is 0 Å². The van der Waals surface area contributed by atoms with Crippen molar-refractivity contribution in [1.82, 2.24) is 4.98 Å². The highest BCUT2D eigenvalue weighted by Crippen LogP contribution is 2.44.